The van der Waals surface area contributed by atoms with Crippen molar-refractivity contribution >= 4 is 11.6 Å². The number of likely N-dealkylation sites (tertiary alicyclic amines) is 1. The summed E-state index contributed by atoms with van der Waals surface area (Å²) < 4.78 is 20.9. The number of halogens is 2. The standard InChI is InChI=1S/C21H21ClFN3O/c22-16-3-7-19(8-4-16)26-14-18(13-25-11-1-2-12-25)24-21(26)15-27-20-9-5-17(23)6-10-20/h3-10,14H,1-2,11-13,15H2. The quantitative estimate of drug-likeness (QED) is 0.608. The van der Waals surface area contributed by atoms with E-state index in [-0.39, 0.29) is 5.82 Å². The zero-order valence-electron chi connectivity index (χ0n) is 14.9. The smallest absolute Gasteiger partial charge is 0.151 e. The predicted molar refractivity (Wildman–Crippen MR) is 104 cm³/mol. The van der Waals surface area contributed by atoms with Gasteiger partial charge in [0.2, 0.25) is 0 Å². The van der Waals surface area contributed by atoms with Gasteiger partial charge in [-0.1, -0.05) is 11.6 Å². The van der Waals surface area contributed by atoms with E-state index < -0.39 is 0 Å². The molecular formula is C21H21ClFN3O. The number of aromatic nitrogens is 2. The molecule has 0 spiro atoms. The maximum Gasteiger partial charge on any atom is 0.151 e. The summed E-state index contributed by atoms with van der Waals surface area (Å²) in [5, 5.41) is 0.695. The summed E-state index contributed by atoms with van der Waals surface area (Å²) in [6, 6.07) is 13.7. The molecule has 2 heterocycles. The van der Waals surface area contributed by atoms with E-state index in [1.807, 2.05) is 28.8 Å². The molecule has 0 amide bonds. The molecule has 4 rings (SSSR count). The average Bonchev–Trinajstić information content (AvgIpc) is 3.32. The number of nitrogens with zero attached hydrogens (tertiary/aromatic N) is 3. The third-order valence-corrected chi connectivity index (χ3v) is 4.95. The molecule has 0 N–H and O–H groups in total. The lowest BCUT2D eigenvalue weighted by molar-refractivity contribution is 0.292. The highest BCUT2D eigenvalue weighted by Gasteiger charge is 2.16. The second kappa shape index (κ2) is 8.11. The van der Waals surface area contributed by atoms with Gasteiger partial charge in [0.15, 0.2) is 5.82 Å². The number of rotatable bonds is 6. The fourth-order valence-corrected chi connectivity index (χ4v) is 3.45. The molecule has 140 valence electrons. The van der Waals surface area contributed by atoms with E-state index in [2.05, 4.69) is 11.1 Å². The van der Waals surface area contributed by atoms with E-state index in [0.29, 0.717) is 17.4 Å². The Balaban J connectivity index is 1.57. The number of hydrogen-bond donors (Lipinski definition) is 0. The Morgan fingerprint density at radius 1 is 1.00 bits per heavy atom. The molecule has 1 aromatic heterocycles. The maximum atomic E-state index is 13.1. The van der Waals surface area contributed by atoms with Gasteiger partial charge in [-0.2, -0.15) is 0 Å². The molecule has 0 aliphatic carbocycles. The number of ether oxygens (including phenoxy) is 1. The van der Waals surface area contributed by atoms with Crippen molar-refractivity contribution in [1.82, 2.24) is 14.5 Å². The third-order valence-electron chi connectivity index (χ3n) is 4.70. The van der Waals surface area contributed by atoms with Gasteiger partial charge < -0.3 is 9.30 Å². The number of hydrogen-bond acceptors (Lipinski definition) is 3. The lowest BCUT2D eigenvalue weighted by Gasteiger charge is -2.11. The van der Waals surface area contributed by atoms with Crippen LogP contribution in [0.15, 0.2) is 54.7 Å². The molecule has 3 aromatic rings. The van der Waals surface area contributed by atoms with E-state index in [1.165, 1.54) is 25.0 Å². The van der Waals surface area contributed by atoms with Crippen molar-refractivity contribution in [3.8, 4) is 11.4 Å². The van der Waals surface area contributed by atoms with Crippen LogP contribution in [-0.4, -0.2) is 27.5 Å². The third kappa shape index (κ3) is 4.49. The van der Waals surface area contributed by atoms with Crippen LogP contribution in [0.1, 0.15) is 24.4 Å². The van der Waals surface area contributed by atoms with Crippen LogP contribution in [0.5, 0.6) is 5.75 Å². The Bertz CT molecular complexity index is 887. The van der Waals surface area contributed by atoms with E-state index in [4.69, 9.17) is 21.3 Å². The number of benzene rings is 2. The molecule has 27 heavy (non-hydrogen) atoms. The first-order chi connectivity index (χ1) is 13.2. The summed E-state index contributed by atoms with van der Waals surface area (Å²) in [6.45, 7) is 3.38. The van der Waals surface area contributed by atoms with E-state index in [1.54, 1.807) is 12.1 Å². The minimum atomic E-state index is -0.280. The van der Waals surface area contributed by atoms with Gasteiger partial charge in [-0.15, -0.1) is 0 Å². The van der Waals surface area contributed by atoms with Crippen molar-refractivity contribution in [3.63, 3.8) is 0 Å². The topological polar surface area (TPSA) is 30.3 Å². The van der Waals surface area contributed by atoms with E-state index in [0.717, 1.165) is 36.8 Å². The first-order valence-corrected chi connectivity index (χ1v) is 9.49. The van der Waals surface area contributed by atoms with Crippen LogP contribution in [0.4, 0.5) is 4.39 Å². The second-order valence-electron chi connectivity index (χ2n) is 6.72. The van der Waals surface area contributed by atoms with Crippen LogP contribution in [0.3, 0.4) is 0 Å². The van der Waals surface area contributed by atoms with Crippen LogP contribution in [-0.2, 0) is 13.2 Å². The van der Waals surface area contributed by atoms with Crippen LogP contribution in [0.2, 0.25) is 5.02 Å². The monoisotopic (exact) mass is 385 g/mol. The van der Waals surface area contributed by atoms with Crippen molar-refractivity contribution in [2.75, 3.05) is 13.1 Å². The Morgan fingerprint density at radius 2 is 1.70 bits per heavy atom. The van der Waals surface area contributed by atoms with Gasteiger partial charge in [0.1, 0.15) is 18.2 Å². The van der Waals surface area contributed by atoms with Crippen LogP contribution < -0.4 is 4.74 Å². The summed E-state index contributed by atoms with van der Waals surface area (Å²) in [5.74, 6) is 1.14. The molecule has 1 fully saturated rings. The van der Waals surface area contributed by atoms with Crippen molar-refractivity contribution in [1.29, 1.82) is 0 Å². The summed E-state index contributed by atoms with van der Waals surface area (Å²) in [7, 11) is 0. The van der Waals surface area contributed by atoms with Gasteiger partial charge in [-0.3, -0.25) is 4.90 Å². The number of imidazole rings is 1. The molecule has 0 bridgehead atoms. The second-order valence-corrected chi connectivity index (χ2v) is 7.16. The molecule has 2 aromatic carbocycles. The molecule has 0 saturated carbocycles. The fourth-order valence-electron chi connectivity index (χ4n) is 3.32. The normalized spacial score (nSPS) is 14.6. The lowest BCUT2D eigenvalue weighted by Crippen LogP contribution is -2.18. The van der Waals surface area contributed by atoms with Gasteiger partial charge in [0, 0.05) is 23.5 Å². The van der Waals surface area contributed by atoms with Crippen molar-refractivity contribution in [2.24, 2.45) is 0 Å². The molecule has 1 aliphatic rings. The fraction of sp³-hybridized carbons (Fsp3) is 0.286. The van der Waals surface area contributed by atoms with Crippen LogP contribution in [0.25, 0.3) is 5.69 Å². The lowest BCUT2D eigenvalue weighted by atomic mass is 10.3. The molecule has 0 unspecified atom stereocenters. The van der Waals surface area contributed by atoms with Crippen molar-refractivity contribution in [3.05, 3.63) is 77.1 Å². The first kappa shape index (κ1) is 18.0. The van der Waals surface area contributed by atoms with Gasteiger partial charge in [-0.05, 0) is 74.5 Å². The highest BCUT2D eigenvalue weighted by Crippen LogP contribution is 2.20. The van der Waals surface area contributed by atoms with E-state index in [9.17, 15) is 4.39 Å². The summed E-state index contributed by atoms with van der Waals surface area (Å²) in [6.07, 6.45) is 4.56. The summed E-state index contributed by atoms with van der Waals surface area (Å²) in [5.41, 5.74) is 2.00. The van der Waals surface area contributed by atoms with Gasteiger partial charge in [-0.25, -0.2) is 9.37 Å². The Kier molecular flexibility index (Phi) is 5.41. The highest BCUT2D eigenvalue weighted by atomic mass is 35.5. The van der Waals surface area contributed by atoms with E-state index >= 15 is 0 Å². The Hall–Kier alpha value is -2.37. The molecule has 0 radical (unpaired) electrons. The zero-order chi connectivity index (χ0) is 18.6. The summed E-state index contributed by atoms with van der Waals surface area (Å²) in [4.78, 5) is 7.21. The molecule has 4 nitrogen and oxygen atoms in total. The highest BCUT2D eigenvalue weighted by molar-refractivity contribution is 6.30. The minimum absolute atomic E-state index is 0.280. The maximum absolute atomic E-state index is 13.1. The molecule has 0 atom stereocenters. The van der Waals surface area contributed by atoms with Crippen molar-refractivity contribution < 1.29 is 9.13 Å². The Labute approximate surface area is 163 Å². The predicted octanol–water partition coefficient (Wildman–Crippen LogP) is 4.84. The summed E-state index contributed by atoms with van der Waals surface area (Å²) >= 11 is 6.02. The van der Waals surface area contributed by atoms with Crippen LogP contribution >= 0.6 is 11.6 Å². The first-order valence-electron chi connectivity index (χ1n) is 9.11. The molecular weight excluding hydrogens is 365 g/mol. The largest absolute Gasteiger partial charge is 0.486 e. The molecule has 1 saturated heterocycles. The minimum Gasteiger partial charge on any atom is -0.486 e. The van der Waals surface area contributed by atoms with Gasteiger partial charge >= 0.3 is 0 Å². The van der Waals surface area contributed by atoms with Crippen LogP contribution in [0, 0.1) is 5.82 Å². The van der Waals surface area contributed by atoms with Gasteiger partial charge in [0.05, 0.1) is 5.69 Å². The average molecular weight is 386 g/mol. The Morgan fingerprint density at radius 3 is 2.41 bits per heavy atom. The van der Waals surface area contributed by atoms with Crippen molar-refractivity contribution in [2.45, 2.75) is 26.0 Å². The molecule has 1 aliphatic heterocycles. The van der Waals surface area contributed by atoms with Gasteiger partial charge in [0.25, 0.3) is 0 Å². The SMILES string of the molecule is Fc1ccc(OCc2nc(CN3CCCC3)cn2-c2ccc(Cl)cc2)cc1. The zero-order valence-corrected chi connectivity index (χ0v) is 15.7. The molecule has 6 heteroatoms.